The van der Waals surface area contributed by atoms with Gasteiger partial charge in [0.15, 0.2) is 0 Å². The van der Waals surface area contributed by atoms with Crippen molar-refractivity contribution >= 4 is 22.4 Å². The van der Waals surface area contributed by atoms with Gasteiger partial charge in [-0.15, -0.1) is 10.2 Å². The molecule has 0 saturated heterocycles. The summed E-state index contributed by atoms with van der Waals surface area (Å²) in [4.78, 5) is 11.9. The van der Waals surface area contributed by atoms with Gasteiger partial charge < -0.3 is 10.1 Å². The molecule has 0 saturated carbocycles. The number of rotatable bonds is 7. The number of amides is 1. The van der Waals surface area contributed by atoms with Gasteiger partial charge in [0, 0.05) is 6.42 Å². The lowest BCUT2D eigenvalue weighted by molar-refractivity contribution is -0.116. The molecule has 1 aromatic carbocycles. The molecule has 2 rings (SSSR count). The van der Waals surface area contributed by atoms with Crippen molar-refractivity contribution in [3.63, 3.8) is 0 Å². The van der Waals surface area contributed by atoms with Crippen molar-refractivity contribution in [1.82, 2.24) is 10.2 Å². The summed E-state index contributed by atoms with van der Waals surface area (Å²) in [5.74, 6) is 0.883. The van der Waals surface area contributed by atoms with Crippen LogP contribution in [0.2, 0.25) is 0 Å². The lowest BCUT2D eigenvalue weighted by Crippen LogP contribution is -2.11. The Hall–Kier alpha value is -1.95. The Morgan fingerprint density at radius 2 is 2.18 bits per heavy atom. The molecule has 6 heteroatoms. The molecule has 22 heavy (non-hydrogen) atoms. The third-order valence-electron chi connectivity index (χ3n) is 3.34. The minimum Gasteiger partial charge on any atom is -0.496 e. The van der Waals surface area contributed by atoms with Gasteiger partial charge in [0.2, 0.25) is 11.0 Å². The van der Waals surface area contributed by atoms with Crippen LogP contribution in [0.3, 0.4) is 0 Å². The second-order valence-electron chi connectivity index (χ2n) is 5.06. The highest BCUT2D eigenvalue weighted by atomic mass is 32.1. The lowest BCUT2D eigenvalue weighted by Gasteiger charge is -2.07. The maximum atomic E-state index is 11.9. The van der Waals surface area contributed by atoms with Crippen LogP contribution in [0.4, 0.5) is 5.13 Å². The van der Waals surface area contributed by atoms with Crippen molar-refractivity contribution in [2.45, 2.75) is 39.5 Å². The Labute approximate surface area is 134 Å². The van der Waals surface area contributed by atoms with Crippen LogP contribution >= 0.6 is 11.3 Å². The number of carbonyl (C=O) groups is 1. The molecule has 0 aliphatic heterocycles. The van der Waals surface area contributed by atoms with Crippen LogP contribution in [0.1, 0.15) is 35.9 Å². The second kappa shape index (κ2) is 7.89. The van der Waals surface area contributed by atoms with Crippen LogP contribution < -0.4 is 10.1 Å². The average Bonchev–Trinajstić information content (AvgIpc) is 2.95. The smallest absolute Gasteiger partial charge is 0.226 e. The Kier molecular flexibility index (Phi) is 5.89. The van der Waals surface area contributed by atoms with Gasteiger partial charge in [0.25, 0.3) is 0 Å². The van der Waals surface area contributed by atoms with Gasteiger partial charge in [0.05, 0.1) is 7.11 Å². The van der Waals surface area contributed by atoms with Crippen molar-refractivity contribution in [1.29, 1.82) is 0 Å². The average molecular weight is 319 g/mol. The van der Waals surface area contributed by atoms with E-state index in [9.17, 15) is 4.79 Å². The van der Waals surface area contributed by atoms with E-state index in [2.05, 4.69) is 21.6 Å². The van der Waals surface area contributed by atoms with E-state index in [-0.39, 0.29) is 5.91 Å². The van der Waals surface area contributed by atoms with E-state index in [1.54, 1.807) is 7.11 Å². The highest BCUT2D eigenvalue weighted by molar-refractivity contribution is 7.15. The number of nitrogens with zero attached hydrogens (tertiary/aromatic N) is 2. The van der Waals surface area contributed by atoms with Gasteiger partial charge in [-0.05, 0) is 43.4 Å². The first-order chi connectivity index (χ1) is 10.6. The molecule has 0 spiro atoms. The number of hydrogen-bond donors (Lipinski definition) is 1. The van der Waals surface area contributed by atoms with E-state index >= 15 is 0 Å². The predicted molar refractivity (Wildman–Crippen MR) is 88.6 cm³/mol. The normalized spacial score (nSPS) is 10.5. The van der Waals surface area contributed by atoms with Crippen LogP contribution in [0.15, 0.2) is 18.2 Å². The summed E-state index contributed by atoms with van der Waals surface area (Å²) >= 11 is 1.43. The van der Waals surface area contributed by atoms with E-state index < -0.39 is 0 Å². The number of aromatic nitrogens is 2. The summed E-state index contributed by atoms with van der Waals surface area (Å²) in [6.45, 7) is 4.04. The Morgan fingerprint density at radius 3 is 2.82 bits per heavy atom. The molecule has 1 amide bonds. The summed E-state index contributed by atoms with van der Waals surface area (Å²) in [6, 6.07) is 6.12. The number of ether oxygens (including phenoxy) is 1. The SMILES string of the molecule is CCc1nnc(NC(=O)CCCc2ccc(OC)c(C)c2)s1. The summed E-state index contributed by atoms with van der Waals surface area (Å²) in [5, 5.41) is 12.2. The number of benzene rings is 1. The fourth-order valence-electron chi connectivity index (χ4n) is 2.18. The molecule has 5 nitrogen and oxygen atoms in total. The van der Waals surface area contributed by atoms with Crippen LogP contribution in [-0.2, 0) is 17.6 Å². The van der Waals surface area contributed by atoms with E-state index in [1.807, 2.05) is 26.0 Å². The molecule has 1 aromatic heterocycles. The van der Waals surface area contributed by atoms with Crippen molar-refractivity contribution in [3.05, 3.63) is 34.3 Å². The highest BCUT2D eigenvalue weighted by Crippen LogP contribution is 2.20. The molecule has 118 valence electrons. The molecule has 1 N–H and O–H groups in total. The fraction of sp³-hybridized carbons (Fsp3) is 0.438. The molecule has 1 heterocycles. The van der Waals surface area contributed by atoms with Gasteiger partial charge in [-0.3, -0.25) is 4.79 Å². The van der Waals surface area contributed by atoms with Crippen LogP contribution in [0.25, 0.3) is 0 Å². The minimum absolute atomic E-state index is 0.0102. The first-order valence-electron chi connectivity index (χ1n) is 7.38. The van der Waals surface area contributed by atoms with Gasteiger partial charge >= 0.3 is 0 Å². The van der Waals surface area contributed by atoms with Crippen LogP contribution in [-0.4, -0.2) is 23.2 Å². The Balaban J connectivity index is 1.78. The zero-order valence-electron chi connectivity index (χ0n) is 13.2. The van der Waals surface area contributed by atoms with Crippen molar-refractivity contribution in [2.24, 2.45) is 0 Å². The maximum absolute atomic E-state index is 11.9. The standard InChI is InChI=1S/C16H21N3O2S/c1-4-15-18-19-16(22-15)17-14(20)7-5-6-12-8-9-13(21-3)11(2)10-12/h8-10H,4-7H2,1-3H3,(H,17,19,20). The number of carbonyl (C=O) groups excluding carboxylic acids is 1. The van der Waals surface area contributed by atoms with E-state index in [0.717, 1.165) is 35.6 Å². The Bertz CT molecular complexity index is 640. The first kappa shape index (κ1) is 16.4. The topological polar surface area (TPSA) is 64.1 Å². The minimum atomic E-state index is -0.0102. The van der Waals surface area contributed by atoms with Crippen molar-refractivity contribution in [3.8, 4) is 5.75 Å². The second-order valence-corrected chi connectivity index (χ2v) is 6.12. The molecule has 0 fully saturated rings. The zero-order valence-corrected chi connectivity index (χ0v) is 14.0. The van der Waals surface area contributed by atoms with Crippen LogP contribution in [0, 0.1) is 6.92 Å². The highest BCUT2D eigenvalue weighted by Gasteiger charge is 2.07. The molecule has 0 radical (unpaired) electrons. The fourth-order valence-corrected chi connectivity index (χ4v) is 2.87. The zero-order chi connectivity index (χ0) is 15.9. The maximum Gasteiger partial charge on any atom is 0.226 e. The van der Waals surface area contributed by atoms with Gasteiger partial charge in [0.1, 0.15) is 10.8 Å². The van der Waals surface area contributed by atoms with E-state index in [0.29, 0.717) is 11.6 Å². The molecular formula is C16H21N3O2S. The molecule has 2 aromatic rings. The Morgan fingerprint density at radius 1 is 1.36 bits per heavy atom. The van der Waals surface area contributed by atoms with Crippen molar-refractivity contribution < 1.29 is 9.53 Å². The monoisotopic (exact) mass is 319 g/mol. The van der Waals surface area contributed by atoms with Gasteiger partial charge in [-0.1, -0.05) is 30.4 Å². The third-order valence-corrected chi connectivity index (χ3v) is 4.33. The predicted octanol–water partition coefficient (Wildman–Crippen LogP) is 3.38. The first-order valence-corrected chi connectivity index (χ1v) is 8.19. The number of aryl methyl sites for hydroxylation is 3. The molecule has 0 atom stereocenters. The van der Waals surface area contributed by atoms with E-state index in [1.165, 1.54) is 16.9 Å². The quantitative estimate of drug-likeness (QED) is 0.850. The third kappa shape index (κ3) is 4.53. The summed E-state index contributed by atoms with van der Waals surface area (Å²) in [5.41, 5.74) is 2.33. The van der Waals surface area contributed by atoms with Crippen molar-refractivity contribution in [2.75, 3.05) is 12.4 Å². The largest absolute Gasteiger partial charge is 0.496 e. The summed E-state index contributed by atoms with van der Waals surface area (Å²) in [6.07, 6.45) is 2.99. The molecule has 0 aliphatic rings. The summed E-state index contributed by atoms with van der Waals surface area (Å²) < 4.78 is 5.24. The lowest BCUT2D eigenvalue weighted by atomic mass is 10.0. The summed E-state index contributed by atoms with van der Waals surface area (Å²) in [7, 11) is 1.67. The number of methoxy groups -OCH3 is 1. The molecule has 0 unspecified atom stereocenters. The molecule has 0 aliphatic carbocycles. The van der Waals surface area contributed by atoms with Gasteiger partial charge in [-0.25, -0.2) is 0 Å². The number of hydrogen-bond acceptors (Lipinski definition) is 5. The van der Waals surface area contributed by atoms with Crippen LogP contribution in [0.5, 0.6) is 5.75 Å². The number of nitrogens with one attached hydrogen (secondary N) is 1. The van der Waals surface area contributed by atoms with E-state index in [4.69, 9.17) is 4.74 Å². The number of anilines is 1. The molecular weight excluding hydrogens is 298 g/mol. The molecule has 0 bridgehead atoms. The van der Waals surface area contributed by atoms with Gasteiger partial charge in [-0.2, -0.15) is 0 Å².